The topological polar surface area (TPSA) is 68.3 Å². The molecule has 3 aromatic rings. The first-order valence-corrected chi connectivity index (χ1v) is 10.5. The number of carbonyl (C=O) groups excluding carboxylic acids is 2. The van der Waals surface area contributed by atoms with Crippen molar-refractivity contribution in [1.82, 2.24) is 10.3 Å². The molecule has 1 aliphatic carbocycles. The Morgan fingerprint density at radius 2 is 1.83 bits per heavy atom. The maximum absolute atomic E-state index is 12.9. The van der Waals surface area contributed by atoms with Gasteiger partial charge in [-0.25, -0.2) is 4.79 Å². The van der Waals surface area contributed by atoms with Gasteiger partial charge in [0.05, 0.1) is 11.1 Å². The molecule has 1 aromatic heterocycles. The summed E-state index contributed by atoms with van der Waals surface area (Å²) in [6, 6.07) is 17.8. The van der Waals surface area contributed by atoms with Crippen molar-refractivity contribution in [3.63, 3.8) is 0 Å². The molecule has 1 N–H and O–H groups in total. The van der Waals surface area contributed by atoms with Crippen LogP contribution in [0.15, 0.2) is 54.6 Å². The summed E-state index contributed by atoms with van der Waals surface area (Å²) in [4.78, 5) is 29.9. The number of nitrogens with one attached hydrogen (secondary N) is 1. The van der Waals surface area contributed by atoms with E-state index in [9.17, 15) is 9.59 Å². The maximum atomic E-state index is 12.9. The molecule has 5 nitrogen and oxygen atoms in total. The maximum Gasteiger partial charge on any atom is 0.339 e. The number of esters is 1. The summed E-state index contributed by atoms with van der Waals surface area (Å²) in [6.45, 7) is 1.69. The van der Waals surface area contributed by atoms with E-state index in [1.165, 1.54) is 5.56 Å². The smallest absolute Gasteiger partial charge is 0.339 e. The van der Waals surface area contributed by atoms with Crippen LogP contribution in [0, 0.1) is 0 Å². The van der Waals surface area contributed by atoms with Gasteiger partial charge in [0.15, 0.2) is 6.61 Å². The van der Waals surface area contributed by atoms with Crippen molar-refractivity contribution in [2.24, 2.45) is 0 Å². The van der Waals surface area contributed by atoms with E-state index >= 15 is 0 Å². The molecule has 30 heavy (non-hydrogen) atoms. The van der Waals surface area contributed by atoms with Crippen molar-refractivity contribution in [1.29, 1.82) is 0 Å². The largest absolute Gasteiger partial charge is 0.452 e. The fourth-order valence-electron chi connectivity index (χ4n) is 4.06. The number of nitrogens with zero attached hydrogens (tertiary/aromatic N) is 1. The lowest BCUT2D eigenvalue weighted by Crippen LogP contribution is -2.36. The molecular weight excluding hydrogens is 376 g/mol. The second-order valence-electron chi connectivity index (χ2n) is 7.85. The summed E-state index contributed by atoms with van der Waals surface area (Å²) in [5.41, 5.74) is 4.54. The first-order chi connectivity index (χ1) is 14.6. The van der Waals surface area contributed by atoms with Gasteiger partial charge in [0.25, 0.3) is 5.91 Å². The van der Waals surface area contributed by atoms with Gasteiger partial charge in [-0.05, 0) is 56.2 Å². The quantitative estimate of drug-likeness (QED) is 0.606. The van der Waals surface area contributed by atoms with E-state index in [0.717, 1.165) is 54.3 Å². The number of para-hydroxylation sites is 1. The van der Waals surface area contributed by atoms with Crippen LogP contribution in [0.25, 0.3) is 10.9 Å². The Balaban J connectivity index is 1.36. The van der Waals surface area contributed by atoms with Gasteiger partial charge in [0.1, 0.15) is 0 Å². The van der Waals surface area contributed by atoms with Gasteiger partial charge < -0.3 is 10.1 Å². The second-order valence-corrected chi connectivity index (χ2v) is 7.85. The average Bonchev–Trinajstić information content (AvgIpc) is 3.23. The molecule has 0 spiro atoms. The van der Waals surface area contributed by atoms with Crippen molar-refractivity contribution in [2.45, 2.75) is 45.1 Å². The number of aromatic nitrogens is 1. The number of amides is 1. The molecule has 1 atom stereocenters. The molecule has 4 rings (SSSR count). The van der Waals surface area contributed by atoms with Crippen LogP contribution < -0.4 is 5.32 Å². The summed E-state index contributed by atoms with van der Waals surface area (Å²) in [6.07, 6.45) is 4.39. The molecule has 0 radical (unpaired) electrons. The van der Waals surface area contributed by atoms with Gasteiger partial charge in [-0.15, -0.1) is 0 Å². The second kappa shape index (κ2) is 9.08. The summed E-state index contributed by atoms with van der Waals surface area (Å²) in [5, 5.41) is 3.71. The summed E-state index contributed by atoms with van der Waals surface area (Å²) in [7, 11) is 0. The Morgan fingerprint density at radius 1 is 1.07 bits per heavy atom. The first-order valence-electron chi connectivity index (χ1n) is 10.5. The highest BCUT2D eigenvalue weighted by atomic mass is 16.5. The van der Waals surface area contributed by atoms with Crippen LogP contribution in [0.5, 0.6) is 0 Å². The zero-order valence-electron chi connectivity index (χ0n) is 17.2. The zero-order valence-corrected chi connectivity index (χ0v) is 17.2. The Hall–Kier alpha value is -3.21. The predicted molar refractivity (Wildman–Crippen MR) is 116 cm³/mol. The number of ether oxygens (including phenoxy) is 1. The van der Waals surface area contributed by atoms with E-state index in [-0.39, 0.29) is 18.6 Å². The SMILES string of the molecule is C[C@@H](CCc1ccccc1)NC(=O)COC(=O)c1c2c(nc3ccccc13)CCC2. The Kier molecular flexibility index (Phi) is 6.07. The number of hydrogen-bond donors (Lipinski definition) is 1. The lowest BCUT2D eigenvalue weighted by atomic mass is 10.0. The predicted octanol–water partition coefficient (Wildman–Crippen LogP) is 4.02. The minimum absolute atomic E-state index is 0.00223. The highest BCUT2D eigenvalue weighted by Gasteiger charge is 2.25. The van der Waals surface area contributed by atoms with E-state index in [1.807, 2.05) is 49.4 Å². The molecule has 0 aliphatic heterocycles. The van der Waals surface area contributed by atoms with Crippen molar-refractivity contribution in [2.75, 3.05) is 6.61 Å². The molecule has 1 heterocycles. The van der Waals surface area contributed by atoms with E-state index in [4.69, 9.17) is 9.72 Å². The van der Waals surface area contributed by atoms with E-state index < -0.39 is 5.97 Å². The molecule has 5 heteroatoms. The van der Waals surface area contributed by atoms with Crippen LogP contribution in [-0.2, 0) is 28.8 Å². The summed E-state index contributed by atoms with van der Waals surface area (Å²) >= 11 is 0. The van der Waals surface area contributed by atoms with Crippen LogP contribution in [0.3, 0.4) is 0 Å². The minimum atomic E-state index is -0.446. The van der Waals surface area contributed by atoms with Gasteiger partial charge in [-0.2, -0.15) is 0 Å². The third-order valence-corrected chi connectivity index (χ3v) is 5.57. The van der Waals surface area contributed by atoms with E-state index in [1.54, 1.807) is 0 Å². The molecule has 0 fully saturated rings. The number of pyridine rings is 1. The molecule has 0 saturated carbocycles. The molecule has 0 saturated heterocycles. The number of rotatable bonds is 7. The van der Waals surface area contributed by atoms with Gasteiger partial charge >= 0.3 is 5.97 Å². The van der Waals surface area contributed by atoms with Gasteiger partial charge in [0.2, 0.25) is 0 Å². The van der Waals surface area contributed by atoms with Crippen LogP contribution in [0.1, 0.15) is 46.9 Å². The molecule has 0 bridgehead atoms. The van der Waals surface area contributed by atoms with Crippen molar-refractivity contribution < 1.29 is 14.3 Å². The third-order valence-electron chi connectivity index (χ3n) is 5.57. The Morgan fingerprint density at radius 3 is 2.67 bits per heavy atom. The van der Waals surface area contributed by atoms with Gasteiger partial charge in [-0.1, -0.05) is 48.5 Å². The highest BCUT2D eigenvalue weighted by Crippen LogP contribution is 2.30. The van der Waals surface area contributed by atoms with Crippen molar-refractivity contribution >= 4 is 22.8 Å². The normalized spacial score (nSPS) is 13.6. The highest BCUT2D eigenvalue weighted by molar-refractivity contribution is 6.05. The summed E-state index contributed by atoms with van der Waals surface area (Å²) < 4.78 is 5.41. The van der Waals surface area contributed by atoms with Crippen LogP contribution in [0.2, 0.25) is 0 Å². The van der Waals surface area contributed by atoms with E-state index in [0.29, 0.717) is 5.56 Å². The summed E-state index contributed by atoms with van der Waals surface area (Å²) in [5.74, 6) is -0.724. The number of fused-ring (bicyclic) bond motifs is 2. The first kappa shape index (κ1) is 20.1. The monoisotopic (exact) mass is 402 g/mol. The molecule has 1 aliphatic rings. The number of aryl methyl sites for hydroxylation is 2. The standard InChI is InChI=1S/C25H26N2O3/c1-17(14-15-18-8-3-2-4-9-18)26-23(28)16-30-25(29)24-19-10-5-6-12-21(19)27-22-13-7-11-20(22)24/h2-6,8-10,12,17H,7,11,13-16H2,1H3,(H,26,28)/t17-/m0/s1. The third kappa shape index (κ3) is 4.51. The van der Waals surface area contributed by atoms with Crippen LogP contribution in [-0.4, -0.2) is 29.5 Å². The molecule has 2 aromatic carbocycles. The van der Waals surface area contributed by atoms with Crippen molar-refractivity contribution in [3.05, 3.63) is 77.0 Å². The van der Waals surface area contributed by atoms with Crippen molar-refractivity contribution in [3.8, 4) is 0 Å². The zero-order chi connectivity index (χ0) is 20.9. The fraction of sp³-hybridized carbons (Fsp3) is 0.320. The average molecular weight is 402 g/mol. The van der Waals surface area contributed by atoms with Gasteiger partial charge in [0, 0.05) is 17.1 Å². The molecule has 0 unspecified atom stereocenters. The lowest BCUT2D eigenvalue weighted by molar-refractivity contribution is -0.124. The molecular formula is C25H26N2O3. The number of benzene rings is 2. The minimum Gasteiger partial charge on any atom is -0.452 e. The lowest BCUT2D eigenvalue weighted by Gasteiger charge is -2.15. The molecule has 154 valence electrons. The van der Waals surface area contributed by atoms with Gasteiger partial charge in [-0.3, -0.25) is 9.78 Å². The fourth-order valence-corrected chi connectivity index (χ4v) is 4.06. The van der Waals surface area contributed by atoms with E-state index in [2.05, 4.69) is 17.4 Å². The number of carbonyl (C=O) groups is 2. The molecule has 1 amide bonds. The number of hydrogen-bond acceptors (Lipinski definition) is 4. The van der Waals surface area contributed by atoms with Crippen LogP contribution >= 0.6 is 0 Å². The Labute approximate surface area is 176 Å². The Bertz CT molecular complexity index is 1060. The van der Waals surface area contributed by atoms with Crippen LogP contribution in [0.4, 0.5) is 0 Å².